The normalized spacial score (nSPS) is 18.7. The molecule has 0 radical (unpaired) electrons. The van der Waals surface area contributed by atoms with E-state index in [-0.39, 0.29) is 24.3 Å². The summed E-state index contributed by atoms with van der Waals surface area (Å²) in [4.78, 5) is 19.5. The number of nitrogens with zero attached hydrogens (tertiary/aromatic N) is 2. The van der Waals surface area contributed by atoms with Crippen molar-refractivity contribution in [2.75, 3.05) is 13.3 Å². The predicted octanol–water partition coefficient (Wildman–Crippen LogP) is 4.81. The third-order valence-electron chi connectivity index (χ3n) is 4.20. The van der Waals surface area contributed by atoms with Gasteiger partial charge in [0.2, 0.25) is 6.79 Å². The van der Waals surface area contributed by atoms with Gasteiger partial charge >= 0.3 is 0 Å². The molecular formula is C21H19FN2O3S. The minimum Gasteiger partial charge on any atom is -0.454 e. The van der Waals surface area contributed by atoms with Crippen molar-refractivity contribution in [1.29, 1.82) is 0 Å². The van der Waals surface area contributed by atoms with Gasteiger partial charge in [0.15, 0.2) is 16.7 Å². The Balaban J connectivity index is 1.68. The standard InChI is InChI=1S/C21H19FN2O3S/c1-13(2)11-24-20(25)19(10-14-7-8-17-18(9-14)27-12-26-17)28-21(24)23-16-6-4-3-5-15(16)22/h3-10,13H,11-12H2,1-2H3/b19-10+,23-21?. The number of hydrogen-bond donors (Lipinski definition) is 0. The van der Waals surface area contributed by atoms with E-state index in [1.165, 1.54) is 17.8 Å². The third-order valence-corrected chi connectivity index (χ3v) is 5.21. The largest absolute Gasteiger partial charge is 0.454 e. The van der Waals surface area contributed by atoms with Crippen molar-refractivity contribution < 1.29 is 18.7 Å². The van der Waals surface area contributed by atoms with Gasteiger partial charge in [-0.05, 0) is 53.6 Å². The number of aliphatic imine (C=N–C) groups is 1. The molecule has 7 heteroatoms. The molecule has 2 aliphatic rings. The van der Waals surface area contributed by atoms with Gasteiger partial charge in [0.1, 0.15) is 11.5 Å². The van der Waals surface area contributed by atoms with Crippen molar-refractivity contribution in [3.05, 3.63) is 58.8 Å². The van der Waals surface area contributed by atoms with Crippen molar-refractivity contribution >= 4 is 34.6 Å². The maximum absolute atomic E-state index is 14.0. The molecule has 0 N–H and O–H groups in total. The zero-order valence-corrected chi connectivity index (χ0v) is 16.3. The van der Waals surface area contributed by atoms with E-state index >= 15 is 0 Å². The van der Waals surface area contributed by atoms with Crippen LogP contribution in [-0.4, -0.2) is 29.3 Å². The molecule has 2 heterocycles. The Bertz CT molecular complexity index is 987. The Labute approximate surface area is 166 Å². The summed E-state index contributed by atoms with van der Waals surface area (Å²) in [7, 11) is 0. The third kappa shape index (κ3) is 3.75. The smallest absolute Gasteiger partial charge is 0.266 e. The molecule has 0 atom stereocenters. The summed E-state index contributed by atoms with van der Waals surface area (Å²) in [6, 6.07) is 11.8. The summed E-state index contributed by atoms with van der Waals surface area (Å²) in [6.45, 7) is 4.76. The first kappa shape index (κ1) is 18.6. The number of carbonyl (C=O) groups is 1. The Morgan fingerprint density at radius 3 is 2.79 bits per heavy atom. The molecule has 1 amide bonds. The number of hydrogen-bond acceptors (Lipinski definition) is 5. The quantitative estimate of drug-likeness (QED) is 0.694. The van der Waals surface area contributed by atoms with Crippen LogP contribution in [-0.2, 0) is 4.79 Å². The number of amidine groups is 1. The Morgan fingerprint density at radius 1 is 1.21 bits per heavy atom. The lowest BCUT2D eigenvalue weighted by atomic mass is 10.1. The highest BCUT2D eigenvalue weighted by Crippen LogP contribution is 2.37. The Morgan fingerprint density at radius 2 is 2.00 bits per heavy atom. The van der Waals surface area contributed by atoms with Gasteiger partial charge in [0.25, 0.3) is 5.91 Å². The summed E-state index contributed by atoms with van der Waals surface area (Å²) < 4.78 is 24.8. The number of fused-ring (bicyclic) bond motifs is 1. The number of benzene rings is 2. The van der Waals surface area contributed by atoms with Gasteiger partial charge in [-0.15, -0.1) is 0 Å². The van der Waals surface area contributed by atoms with Gasteiger partial charge in [-0.25, -0.2) is 9.38 Å². The van der Waals surface area contributed by atoms with E-state index in [9.17, 15) is 9.18 Å². The zero-order chi connectivity index (χ0) is 19.7. The molecule has 0 aliphatic carbocycles. The van der Waals surface area contributed by atoms with Crippen LogP contribution in [0.15, 0.2) is 52.4 Å². The average molecular weight is 398 g/mol. The summed E-state index contributed by atoms with van der Waals surface area (Å²) in [5.74, 6) is 1.05. The zero-order valence-electron chi connectivity index (χ0n) is 15.5. The first-order valence-electron chi connectivity index (χ1n) is 8.95. The molecule has 28 heavy (non-hydrogen) atoms. The molecule has 2 aromatic rings. The van der Waals surface area contributed by atoms with E-state index in [2.05, 4.69) is 4.99 Å². The van der Waals surface area contributed by atoms with Crippen LogP contribution in [0.4, 0.5) is 10.1 Å². The molecule has 0 saturated carbocycles. The highest BCUT2D eigenvalue weighted by Gasteiger charge is 2.34. The van der Waals surface area contributed by atoms with Crippen molar-refractivity contribution in [3.63, 3.8) is 0 Å². The monoisotopic (exact) mass is 398 g/mol. The highest BCUT2D eigenvalue weighted by atomic mass is 32.2. The number of amides is 1. The molecule has 2 aromatic carbocycles. The first-order valence-corrected chi connectivity index (χ1v) is 9.77. The van der Waals surface area contributed by atoms with Crippen LogP contribution in [0.25, 0.3) is 6.08 Å². The molecular weight excluding hydrogens is 379 g/mol. The summed E-state index contributed by atoms with van der Waals surface area (Å²) in [6.07, 6.45) is 1.80. The maximum atomic E-state index is 14.0. The minimum absolute atomic E-state index is 0.133. The first-order chi connectivity index (χ1) is 13.5. The van der Waals surface area contributed by atoms with E-state index in [0.29, 0.717) is 28.1 Å². The number of rotatable bonds is 4. The van der Waals surface area contributed by atoms with Gasteiger partial charge in [-0.3, -0.25) is 9.69 Å². The molecule has 5 nitrogen and oxygen atoms in total. The summed E-state index contributed by atoms with van der Waals surface area (Å²) in [5, 5.41) is 0.482. The Hall–Kier alpha value is -2.80. The van der Waals surface area contributed by atoms with Crippen molar-refractivity contribution in [1.82, 2.24) is 4.90 Å². The molecule has 1 saturated heterocycles. The molecule has 0 spiro atoms. The van der Waals surface area contributed by atoms with Crippen LogP contribution in [0, 0.1) is 11.7 Å². The van der Waals surface area contributed by atoms with Crippen molar-refractivity contribution in [2.45, 2.75) is 13.8 Å². The SMILES string of the molecule is CC(C)CN1C(=O)/C(=C\c2ccc3c(c2)OCO3)SC1=Nc1ccccc1F. The highest BCUT2D eigenvalue weighted by molar-refractivity contribution is 8.18. The average Bonchev–Trinajstić information content (AvgIpc) is 3.23. The lowest BCUT2D eigenvalue weighted by Gasteiger charge is -2.17. The van der Waals surface area contributed by atoms with Crippen LogP contribution in [0.3, 0.4) is 0 Å². The second kappa shape index (κ2) is 7.67. The van der Waals surface area contributed by atoms with E-state index in [1.54, 1.807) is 29.2 Å². The lowest BCUT2D eigenvalue weighted by Crippen LogP contribution is -2.32. The molecule has 4 rings (SSSR count). The van der Waals surface area contributed by atoms with Gasteiger partial charge < -0.3 is 9.47 Å². The number of ether oxygens (including phenoxy) is 2. The maximum Gasteiger partial charge on any atom is 0.266 e. The topological polar surface area (TPSA) is 51.1 Å². The molecule has 144 valence electrons. The van der Waals surface area contributed by atoms with Crippen molar-refractivity contribution in [2.24, 2.45) is 10.9 Å². The van der Waals surface area contributed by atoms with E-state index in [1.807, 2.05) is 32.0 Å². The number of carbonyl (C=O) groups excluding carboxylic acids is 1. The fourth-order valence-electron chi connectivity index (χ4n) is 2.92. The lowest BCUT2D eigenvalue weighted by molar-refractivity contribution is -0.122. The van der Waals surface area contributed by atoms with Crippen LogP contribution in [0.1, 0.15) is 19.4 Å². The van der Waals surface area contributed by atoms with Crippen LogP contribution in [0.2, 0.25) is 0 Å². The molecule has 1 fully saturated rings. The number of halogens is 1. The van der Waals surface area contributed by atoms with E-state index < -0.39 is 5.82 Å². The van der Waals surface area contributed by atoms with Gasteiger partial charge in [-0.1, -0.05) is 32.0 Å². The van der Waals surface area contributed by atoms with E-state index in [0.717, 1.165) is 5.56 Å². The van der Waals surface area contributed by atoms with Crippen LogP contribution >= 0.6 is 11.8 Å². The molecule has 0 unspecified atom stereocenters. The second-order valence-corrected chi connectivity index (χ2v) is 7.89. The fourth-order valence-corrected chi connectivity index (χ4v) is 3.92. The fraction of sp³-hybridized carbons (Fsp3) is 0.238. The Kier molecular flexibility index (Phi) is 5.09. The molecule has 2 aliphatic heterocycles. The number of thioether (sulfide) groups is 1. The minimum atomic E-state index is -0.416. The van der Waals surface area contributed by atoms with Crippen molar-refractivity contribution in [3.8, 4) is 11.5 Å². The van der Waals surface area contributed by atoms with Gasteiger partial charge in [0, 0.05) is 6.54 Å². The molecule has 0 aromatic heterocycles. The summed E-state index contributed by atoms with van der Waals surface area (Å²) >= 11 is 1.25. The molecule has 0 bridgehead atoms. The van der Waals surface area contributed by atoms with Crippen LogP contribution < -0.4 is 9.47 Å². The van der Waals surface area contributed by atoms with E-state index in [4.69, 9.17) is 9.47 Å². The van der Waals surface area contributed by atoms with Gasteiger partial charge in [0.05, 0.1) is 4.91 Å². The van der Waals surface area contributed by atoms with Gasteiger partial charge in [-0.2, -0.15) is 0 Å². The predicted molar refractivity (Wildman–Crippen MR) is 108 cm³/mol. The second-order valence-electron chi connectivity index (χ2n) is 6.88. The number of para-hydroxylation sites is 1. The summed E-state index contributed by atoms with van der Waals surface area (Å²) in [5.41, 5.74) is 1.05. The van der Waals surface area contributed by atoms with Crippen LogP contribution in [0.5, 0.6) is 11.5 Å².